The summed E-state index contributed by atoms with van der Waals surface area (Å²) in [6, 6.07) is 5.77. The standard InChI is InChI=1S/C19H31N3O3.HI/c1-4-20-19(21-11-6-12-24-14-15-7-8-15)22-16-9-10-17(25-5-2)18(13-16)23-3;/h9-10,13,15H,4-8,11-12,14H2,1-3H3,(H2,20,21,22);1H. The molecule has 2 N–H and O–H groups in total. The Morgan fingerprint density at radius 1 is 1.23 bits per heavy atom. The summed E-state index contributed by atoms with van der Waals surface area (Å²) in [6.07, 6.45) is 3.59. The number of ether oxygens (including phenoxy) is 3. The lowest BCUT2D eigenvalue weighted by atomic mass is 10.2. The molecule has 0 spiro atoms. The van der Waals surface area contributed by atoms with Crippen LogP contribution in [0, 0.1) is 5.92 Å². The minimum atomic E-state index is 0. The van der Waals surface area contributed by atoms with Gasteiger partial charge in [-0.2, -0.15) is 0 Å². The highest BCUT2D eigenvalue weighted by molar-refractivity contribution is 14.0. The van der Waals surface area contributed by atoms with Crippen LogP contribution in [0.4, 0.5) is 5.69 Å². The van der Waals surface area contributed by atoms with Crippen molar-refractivity contribution in [1.82, 2.24) is 5.32 Å². The van der Waals surface area contributed by atoms with Crippen LogP contribution >= 0.6 is 24.0 Å². The van der Waals surface area contributed by atoms with E-state index in [0.29, 0.717) is 12.4 Å². The molecule has 7 heteroatoms. The fraction of sp³-hybridized carbons (Fsp3) is 0.632. The van der Waals surface area contributed by atoms with Crippen molar-refractivity contribution in [2.75, 3.05) is 45.3 Å². The van der Waals surface area contributed by atoms with E-state index in [2.05, 4.69) is 22.5 Å². The molecule has 0 heterocycles. The molecule has 0 aromatic heterocycles. The minimum absolute atomic E-state index is 0. The maximum Gasteiger partial charge on any atom is 0.195 e. The van der Waals surface area contributed by atoms with Crippen LogP contribution in [0.2, 0.25) is 0 Å². The first kappa shape index (κ1) is 22.8. The van der Waals surface area contributed by atoms with Crippen LogP contribution in [0.5, 0.6) is 11.5 Å². The Labute approximate surface area is 174 Å². The van der Waals surface area contributed by atoms with E-state index in [1.165, 1.54) is 12.8 Å². The number of guanidine groups is 1. The largest absolute Gasteiger partial charge is 0.493 e. The minimum Gasteiger partial charge on any atom is -0.493 e. The fourth-order valence-corrected chi connectivity index (χ4v) is 2.36. The van der Waals surface area contributed by atoms with Gasteiger partial charge >= 0.3 is 0 Å². The second-order valence-corrected chi connectivity index (χ2v) is 6.06. The van der Waals surface area contributed by atoms with Gasteiger partial charge in [0.15, 0.2) is 17.5 Å². The third-order valence-electron chi connectivity index (χ3n) is 3.84. The van der Waals surface area contributed by atoms with E-state index < -0.39 is 0 Å². The van der Waals surface area contributed by atoms with Gasteiger partial charge in [-0.25, -0.2) is 0 Å². The Kier molecular flexibility index (Phi) is 11.4. The number of benzene rings is 1. The predicted octanol–water partition coefficient (Wildman–Crippen LogP) is 3.91. The normalized spacial score (nSPS) is 13.7. The average molecular weight is 477 g/mol. The highest BCUT2D eigenvalue weighted by Gasteiger charge is 2.20. The molecular formula is C19H32IN3O3. The number of hydrogen-bond donors (Lipinski definition) is 2. The van der Waals surface area contributed by atoms with Crippen LogP contribution in [0.25, 0.3) is 0 Å². The summed E-state index contributed by atoms with van der Waals surface area (Å²) < 4.78 is 16.6. The van der Waals surface area contributed by atoms with Crippen LogP contribution in [-0.2, 0) is 4.74 Å². The number of anilines is 1. The topological polar surface area (TPSA) is 64.1 Å². The molecule has 1 aromatic rings. The van der Waals surface area contributed by atoms with Crippen LogP contribution in [0.1, 0.15) is 33.1 Å². The third kappa shape index (κ3) is 8.44. The lowest BCUT2D eigenvalue weighted by molar-refractivity contribution is 0.123. The molecule has 6 nitrogen and oxygen atoms in total. The molecule has 0 aliphatic heterocycles. The van der Waals surface area contributed by atoms with Gasteiger partial charge in [0.05, 0.1) is 13.7 Å². The van der Waals surface area contributed by atoms with Crippen LogP contribution in [0.3, 0.4) is 0 Å². The lowest BCUT2D eigenvalue weighted by Gasteiger charge is -2.14. The molecule has 1 saturated carbocycles. The number of nitrogens with zero attached hydrogens (tertiary/aromatic N) is 1. The molecule has 1 aromatic carbocycles. The lowest BCUT2D eigenvalue weighted by Crippen LogP contribution is -2.30. The average Bonchev–Trinajstić information content (AvgIpc) is 3.44. The smallest absolute Gasteiger partial charge is 0.195 e. The van der Waals surface area contributed by atoms with Crippen molar-refractivity contribution in [2.24, 2.45) is 10.9 Å². The highest BCUT2D eigenvalue weighted by atomic mass is 127. The van der Waals surface area contributed by atoms with Gasteiger partial charge in [-0.3, -0.25) is 4.99 Å². The molecule has 1 aliphatic rings. The molecule has 0 atom stereocenters. The van der Waals surface area contributed by atoms with E-state index in [1.54, 1.807) is 7.11 Å². The van der Waals surface area contributed by atoms with Gasteiger partial charge < -0.3 is 24.8 Å². The van der Waals surface area contributed by atoms with Gasteiger partial charge in [0.2, 0.25) is 0 Å². The van der Waals surface area contributed by atoms with Gasteiger partial charge in [-0.15, -0.1) is 24.0 Å². The number of nitrogens with one attached hydrogen (secondary N) is 2. The van der Waals surface area contributed by atoms with E-state index >= 15 is 0 Å². The molecule has 2 rings (SSSR count). The Morgan fingerprint density at radius 2 is 2.04 bits per heavy atom. The Bertz CT molecular complexity index is 551. The monoisotopic (exact) mass is 477 g/mol. The molecule has 0 amide bonds. The molecule has 26 heavy (non-hydrogen) atoms. The SMILES string of the molecule is CCNC(=NCCCOCC1CC1)Nc1ccc(OCC)c(OC)c1.I. The van der Waals surface area contributed by atoms with Crippen molar-refractivity contribution < 1.29 is 14.2 Å². The predicted molar refractivity (Wildman–Crippen MR) is 117 cm³/mol. The summed E-state index contributed by atoms with van der Waals surface area (Å²) in [7, 11) is 1.64. The van der Waals surface area contributed by atoms with Gasteiger partial charge in [-0.1, -0.05) is 0 Å². The summed E-state index contributed by atoms with van der Waals surface area (Å²) in [4.78, 5) is 4.60. The van der Waals surface area contributed by atoms with Crippen molar-refractivity contribution in [2.45, 2.75) is 33.1 Å². The van der Waals surface area contributed by atoms with Gasteiger partial charge in [-0.05, 0) is 51.2 Å². The maximum atomic E-state index is 5.64. The first-order chi connectivity index (χ1) is 12.3. The van der Waals surface area contributed by atoms with Crippen molar-refractivity contribution in [3.63, 3.8) is 0 Å². The van der Waals surface area contributed by atoms with E-state index in [9.17, 15) is 0 Å². The summed E-state index contributed by atoms with van der Waals surface area (Å²) in [5.41, 5.74) is 0.907. The molecule has 148 valence electrons. The first-order valence-electron chi connectivity index (χ1n) is 9.20. The molecule has 0 radical (unpaired) electrons. The molecular weight excluding hydrogens is 445 g/mol. The summed E-state index contributed by atoms with van der Waals surface area (Å²) in [5, 5.41) is 6.56. The van der Waals surface area contributed by atoms with E-state index in [4.69, 9.17) is 14.2 Å². The van der Waals surface area contributed by atoms with Crippen LogP contribution < -0.4 is 20.1 Å². The first-order valence-corrected chi connectivity index (χ1v) is 9.20. The Balaban J connectivity index is 0.00000338. The zero-order valence-electron chi connectivity index (χ0n) is 16.0. The fourth-order valence-electron chi connectivity index (χ4n) is 2.36. The quantitative estimate of drug-likeness (QED) is 0.219. The summed E-state index contributed by atoms with van der Waals surface area (Å²) in [5.74, 6) is 3.02. The zero-order valence-corrected chi connectivity index (χ0v) is 18.4. The van der Waals surface area contributed by atoms with Gasteiger partial charge in [0.1, 0.15) is 0 Å². The van der Waals surface area contributed by atoms with Crippen molar-refractivity contribution >= 4 is 35.6 Å². The van der Waals surface area contributed by atoms with E-state index in [0.717, 1.165) is 56.0 Å². The van der Waals surface area contributed by atoms with E-state index in [1.807, 2.05) is 25.1 Å². The van der Waals surface area contributed by atoms with E-state index in [-0.39, 0.29) is 24.0 Å². The summed E-state index contributed by atoms with van der Waals surface area (Å²) in [6.45, 7) is 7.83. The van der Waals surface area contributed by atoms with Crippen LogP contribution in [0.15, 0.2) is 23.2 Å². The van der Waals surface area contributed by atoms with Crippen molar-refractivity contribution in [1.29, 1.82) is 0 Å². The van der Waals surface area contributed by atoms with Crippen LogP contribution in [-0.4, -0.2) is 46.0 Å². The number of aliphatic imine (C=N–C) groups is 1. The number of rotatable bonds is 11. The van der Waals surface area contributed by atoms with Crippen molar-refractivity contribution in [3.05, 3.63) is 18.2 Å². The molecule has 1 fully saturated rings. The summed E-state index contributed by atoms with van der Waals surface area (Å²) >= 11 is 0. The van der Waals surface area contributed by atoms with Gasteiger partial charge in [0.25, 0.3) is 0 Å². The number of methoxy groups -OCH3 is 1. The molecule has 0 bridgehead atoms. The second kappa shape index (κ2) is 13.0. The maximum absolute atomic E-state index is 5.64. The number of halogens is 1. The molecule has 0 unspecified atom stereocenters. The second-order valence-electron chi connectivity index (χ2n) is 6.06. The van der Waals surface area contributed by atoms with Gasteiger partial charge in [0, 0.05) is 38.1 Å². The Hall–Kier alpha value is -1.22. The Morgan fingerprint density at radius 3 is 2.69 bits per heavy atom. The third-order valence-corrected chi connectivity index (χ3v) is 3.84. The molecule has 0 saturated heterocycles. The molecule has 1 aliphatic carbocycles. The zero-order chi connectivity index (χ0) is 17.9. The number of hydrogen-bond acceptors (Lipinski definition) is 4. The van der Waals surface area contributed by atoms with Crippen molar-refractivity contribution in [3.8, 4) is 11.5 Å². The highest BCUT2D eigenvalue weighted by Crippen LogP contribution is 2.30.